The minimum absolute atomic E-state index is 0.235. The van der Waals surface area contributed by atoms with Crippen molar-refractivity contribution >= 4 is 33.8 Å². The van der Waals surface area contributed by atoms with Crippen molar-refractivity contribution < 1.29 is 14.3 Å². The molecule has 0 bridgehead atoms. The van der Waals surface area contributed by atoms with Crippen molar-refractivity contribution in [1.82, 2.24) is 14.8 Å². The second-order valence-electron chi connectivity index (χ2n) is 5.73. The highest BCUT2D eigenvalue weighted by Crippen LogP contribution is 2.27. The average Bonchev–Trinajstić information content (AvgIpc) is 3.09. The highest BCUT2D eigenvalue weighted by Gasteiger charge is 2.17. The van der Waals surface area contributed by atoms with E-state index in [9.17, 15) is 9.18 Å². The highest BCUT2D eigenvalue weighted by molar-refractivity contribution is 7.16. The van der Waals surface area contributed by atoms with Gasteiger partial charge in [-0.15, -0.1) is 11.3 Å². The fourth-order valence-corrected chi connectivity index (χ4v) is 3.75. The third kappa shape index (κ3) is 4.09. The van der Waals surface area contributed by atoms with E-state index in [-0.39, 0.29) is 12.5 Å². The lowest BCUT2D eigenvalue weighted by Crippen LogP contribution is -2.15. The number of anilines is 1. The Balaban J connectivity index is 1.77. The van der Waals surface area contributed by atoms with E-state index in [1.54, 1.807) is 20.0 Å². The predicted octanol–water partition coefficient (Wildman–Crippen LogP) is 3.31. The molecule has 0 aliphatic rings. The number of aliphatic hydroxyl groups is 1. The average molecular weight is 395 g/mol. The molecular weight excluding hydrogens is 379 g/mol. The summed E-state index contributed by atoms with van der Waals surface area (Å²) in [6.07, 6.45) is 0.416. The van der Waals surface area contributed by atoms with Gasteiger partial charge in [0.2, 0.25) is 0 Å². The number of thiazole rings is 1. The first kappa shape index (κ1) is 18.5. The van der Waals surface area contributed by atoms with Crippen LogP contribution in [0.15, 0.2) is 24.3 Å². The van der Waals surface area contributed by atoms with E-state index >= 15 is 0 Å². The number of hydrogen-bond donors (Lipinski definition) is 2. The number of nitrogens with zero attached hydrogens (tertiary/aromatic N) is 3. The lowest BCUT2D eigenvalue weighted by atomic mass is 10.1. The summed E-state index contributed by atoms with van der Waals surface area (Å²) >= 11 is 7.20. The van der Waals surface area contributed by atoms with Gasteiger partial charge in [-0.1, -0.05) is 11.6 Å². The predicted molar refractivity (Wildman–Crippen MR) is 98.2 cm³/mol. The minimum Gasteiger partial charge on any atom is -0.390 e. The van der Waals surface area contributed by atoms with Crippen molar-refractivity contribution in [3.8, 4) is 0 Å². The van der Waals surface area contributed by atoms with Gasteiger partial charge < -0.3 is 10.4 Å². The van der Waals surface area contributed by atoms with Crippen molar-refractivity contribution in [3.63, 3.8) is 0 Å². The van der Waals surface area contributed by atoms with Crippen LogP contribution < -0.4 is 5.32 Å². The van der Waals surface area contributed by atoms with Crippen LogP contribution in [0.25, 0.3) is 0 Å². The fraction of sp³-hybridized carbons (Fsp3) is 0.235. The molecule has 6 nitrogen and oxygen atoms in total. The van der Waals surface area contributed by atoms with Crippen molar-refractivity contribution in [2.75, 3.05) is 5.32 Å². The van der Waals surface area contributed by atoms with Gasteiger partial charge in [0.1, 0.15) is 16.5 Å². The molecule has 0 fully saturated rings. The molecule has 0 aliphatic carbocycles. The van der Waals surface area contributed by atoms with Gasteiger partial charge in [-0.3, -0.25) is 9.48 Å². The molecule has 0 radical (unpaired) electrons. The maximum atomic E-state index is 13.5. The molecule has 0 spiro atoms. The van der Waals surface area contributed by atoms with E-state index in [4.69, 9.17) is 16.7 Å². The Morgan fingerprint density at radius 1 is 1.38 bits per heavy atom. The molecule has 0 unspecified atom stereocenters. The van der Waals surface area contributed by atoms with Gasteiger partial charge in [-0.05, 0) is 36.8 Å². The summed E-state index contributed by atoms with van der Waals surface area (Å²) in [4.78, 5) is 16.9. The van der Waals surface area contributed by atoms with Crippen molar-refractivity contribution in [2.45, 2.75) is 20.0 Å². The van der Waals surface area contributed by atoms with Gasteiger partial charge in [0, 0.05) is 18.5 Å². The lowest BCUT2D eigenvalue weighted by molar-refractivity contribution is 0.101. The number of benzene rings is 1. The Labute approximate surface area is 158 Å². The molecule has 1 aromatic carbocycles. The van der Waals surface area contributed by atoms with Crippen LogP contribution in [0, 0.1) is 12.7 Å². The van der Waals surface area contributed by atoms with Gasteiger partial charge in [0.25, 0.3) is 5.91 Å². The number of amides is 1. The summed E-state index contributed by atoms with van der Waals surface area (Å²) in [6, 6.07) is 5.87. The monoisotopic (exact) mass is 394 g/mol. The second-order valence-corrected chi connectivity index (χ2v) is 7.25. The highest BCUT2D eigenvalue weighted by atomic mass is 35.5. The summed E-state index contributed by atoms with van der Waals surface area (Å²) in [7, 11) is 1.63. The third-order valence-electron chi connectivity index (χ3n) is 3.67. The molecule has 0 saturated carbocycles. The zero-order valence-corrected chi connectivity index (χ0v) is 15.7. The zero-order chi connectivity index (χ0) is 18.8. The van der Waals surface area contributed by atoms with Gasteiger partial charge in [-0.2, -0.15) is 5.10 Å². The number of rotatable bonds is 5. The molecule has 0 saturated heterocycles. The molecule has 9 heteroatoms. The van der Waals surface area contributed by atoms with Crippen LogP contribution >= 0.6 is 22.9 Å². The van der Waals surface area contributed by atoms with Crippen LogP contribution in [0.3, 0.4) is 0 Å². The number of carbonyl (C=O) groups excluding carboxylic acids is 1. The zero-order valence-electron chi connectivity index (χ0n) is 14.1. The molecule has 3 rings (SSSR count). The van der Waals surface area contributed by atoms with E-state index < -0.39 is 5.82 Å². The van der Waals surface area contributed by atoms with Crippen LogP contribution in [0.2, 0.25) is 5.02 Å². The topological polar surface area (TPSA) is 80.0 Å². The second kappa shape index (κ2) is 7.53. The summed E-state index contributed by atoms with van der Waals surface area (Å²) in [6.45, 7) is 1.55. The fourth-order valence-electron chi connectivity index (χ4n) is 2.52. The minimum atomic E-state index is -0.398. The molecule has 136 valence electrons. The SMILES string of the molecule is Cc1nc(Cc2cc(F)cc(Cl)c2)sc1NC(=O)c1cc(CO)nn1C. The Bertz CT molecular complexity index is 950. The quantitative estimate of drug-likeness (QED) is 0.695. The smallest absolute Gasteiger partial charge is 0.274 e. The van der Waals surface area contributed by atoms with E-state index in [1.165, 1.54) is 34.2 Å². The van der Waals surface area contributed by atoms with E-state index in [1.807, 2.05) is 0 Å². The van der Waals surface area contributed by atoms with Crippen molar-refractivity contribution in [2.24, 2.45) is 7.05 Å². The number of hydrogen-bond acceptors (Lipinski definition) is 5. The van der Waals surface area contributed by atoms with Crippen LogP contribution in [0.5, 0.6) is 0 Å². The molecule has 2 heterocycles. The molecule has 1 amide bonds. The Morgan fingerprint density at radius 3 is 2.81 bits per heavy atom. The van der Waals surface area contributed by atoms with Gasteiger partial charge >= 0.3 is 0 Å². The molecule has 3 aromatic rings. The molecular formula is C17H16ClFN4O2S. The first-order chi connectivity index (χ1) is 12.4. The number of aliphatic hydroxyl groups excluding tert-OH is 1. The number of carbonyl (C=O) groups is 1. The standard InChI is InChI=1S/C17H16ClFN4O2S/c1-9-17(21-16(25)14-7-13(8-24)22-23(14)2)26-15(20-9)5-10-3-11(18)6-12(19)4-10/h3-4,6-7,24H,5,8H2,1-2H3,(H,21,25). The van der Waals surface area contributed by atoms with Crippen LogP contribution in [-0.2, 0) is 20.1 Å². The van der Waals surface area contributed by atoms with Gasteiger partial charge in [0.05, 0.1) is 23.0 Å². The first-order valence-corrected chi connectivity index (χ1v) is 8.91. The number of nitrogens with one attached hydrogen (secondary N) is 1. The van der Waals surface area contributed by atoms with E-state index in [0.29, 0.717) is 39.1 Å². The van der Waals surface area contributed by atoms with Crippen LogP contribution in [0.4, 0.5) is 9.39 Å². The van der Waals surface area contributed by atoms with Gasteiger partial charge in [0.15, 0.2) is 0 Å². The van der Waals surface area contributed by atoms with Crippen molar-refractivity contribution in [1.29, 1.82) is 0 Å². The lowest BCUT2D eigenvalue weighted by Gasteiger charge is -2.03. The molecule has 26 heavy (non-hydrogen) atoms. The molecule has 0 aliphatic heterocycles. The molecule has 2 N–H and O–H groups in total. The van der Waals surface area contributed by atoms with Crippen molar-refractivity contribution in [3.05, 3.63) is 62.8 Å². The van der Waals surface area contributed by atoms with E-state index in [2.05, 4.69) is 15.4 Å². The largest absolute Gasteiger partial charge is 0.390 e. The Morgan fingerprint density at radius 2 is 2.15 bits per heavy atom. The molecule has 2 aromatic heterocycles. The Kier molecular flexibility index (Phi) is 5.36. The van der Waals surface area contributed by atoms with Gasteiger partial charge in [-0.25, -0.2) is 9.37 Å². The Hall–Kier alpha value is -2.29. The maximum Gasteiger partial charge on any atom is 0.274 e. The van der Waals surface area contributed by atoms with E-state index in [0.717, 1.165) is 5.01 Å². The van der Waals surface area contributed by atoms with Crippen LogP contribution in [-0.4, -0.2) is 25.8 Å². The number of halogens is 2. The van der Waals surface area contributed by atoms with Crippen LogP contribution in [0.1, 0.15) is 32.4 Å². The summed E-state index contributed by atoms with van der Waals surface area (Å²) < 4.78 is 14.9. The summed E-state index contributed by atoms with van der Waals surface area (Å²) in [5.74, 6) is -0.739. The summed E-state index contributed by atoms with van der Waals surface area (Å²) in [5, 5.41) is 17.6. The normalized spacial score (nSPS) is 11.0. The number of aryl methyl sites for hydroxylation is 2. The molecule has 0 atom stereocenters. The third-order valence-corrected chi connectivity index (χ3v) is 4.96. The number of aromatic nitrogens is 3. The summed E-state index contributed by atoms with van der Waals surface area (Å²) in [5.41, 5.74) is 2.13. The maximum absolute atomic E-state index is 13.5. The first-order valence-electron chi connectivity index (χ1n) is 7.72.